The average Bonchev–Trinajstić information content (AvgIpc) is 2.95. The molecule has 2 aromatic heterocycles. The van der Waals surface area contributed by atoms with E-state index in [9.17, 15) is 5.11 Å². The summed E-state index contributed by atoms with van der Waals surface area (Å²) in [4.78, 5) is 4.43. The smallest absolute Gasteiger partial charge is 0.137 e. The molecule has 0 aliphatic heterocycles. The number of aliphatic hydroxyl groups is 1. The number of nitrogens with one attached hydrogen (secondary N) is 1. The number of nitrogens with zero attached hydrogens (tertiary/aromatic N) is 2. The lowest BCUT2D eigenvalue weighted by Gasteiger charge is -2.20. The summed E-state index contributed by atoms with van der Waals surface area (Å²) in [6.45, 7) is 4.76. The van der Waals surface area contributed by atoms with E-state index < -0.39 is 6.10 Å². The highest BCUT2D eigenvalue weighted by molar-refractivity contribution is 5.42. The van der Waals surface area contributed by atoms with Crippen molar-refractivity contribution in [2.45, 2.75) is 39.0 Å². The number of rotatable bonds is 6. The zero-order valence-corrected chi connectivity index (χ0v) is 13.6. The van der Waals surface area contributed by atoms with Gasteiger partial charge in [0.15, 0.2) is 0 Å². The van der Waals surface area contributed by atoms with Gasteiger partial charge in [-0.15, -0.1) is 0 Å². The standard InChI is InChI=1S/C19H23N3O/c1-14-8-9-22-17(13-21-19(22)10-14)12-20-15(2)18(23)11-16-6-4-3-5-7-16/h3-10,13,15,18,20,23H,11-12H2,1-2H3. The van der Waals surface area contributed by atoms with Crippen molar-refractivity contribution < 1.29 is 5.11 Å². The Morgan fingerprint density at radius 1 is 1.22 bits per heavy atom. The number of aryl methyl sites for hydroxylation is 1. The fourth-order valence-corrected chi connectivity index (χ4v) is 2.70. The van der Waals surface area contributed by atoms with Gasteiger partial charge in [0, 0.05) is 18.8 Å². The number of pyridine rings is 1. The van der Waals surface area contributed by atoms with Crippen LogP contribution in [0, 0.1) is 6.92 Å². The zero-order valence-electron chi connectivity index (χ0n) is 13.6. The van der Waals surface area contributed by atoms with Crippen LogP contribution < -0.4 is 5.32 Å². The van der Waals surface area contributed by atoms with E-state index in [4.69, 9.17) is 0 Å². The second-order valence-electron chi connectivity index (χ2n) is 6.11. The molecule has 0 saturated carbocycles. The molecule has 0 bridgehead atoms. The Labute approximate surface area is 136 Å². The topological polar surface area (TPSA) is 49.6 Å². The summed E-state index contributed by atoms with van der Waals surface area (Å²) < 4.78 is 2.08. The van der Waals surface area contributed by atoms with Gasteiger partial charge in [0.1, 0.15) is 5.65 Å². The van der Waals surface area contributed by atoms with Crippen molar-refractivity contribution in [1.82, 2.24) is 14.7 Å². The summed E-state index contributed by atoms with van der Waals surface area (Å²) in [6.07, 6.45) is 4.16. The highest BCUT2D eigenvalue weighted by atomic mass is 16.3. The number of aliphatic hydroxyl groups excluding tert-OH is 1. The van der Waals surface area contributed by atoms with Crippen LogP contribution in [0.5, 0.6) is 0 Å². The van der Waals surface area contributed by atoms with E-state index in [1.165, 1.54) is 5.56 Å². The molecule has 120 valence electrons. The summed E-state index contributed by atoms with van der Waals surface area (Å²) >= 11 is 0. The normalized spacial score (nSPS) is 14.0. The Bertz CT molecular complexity index is 767. The van der Waals surface area contributed by atoms with Gasteiger partial charge in [0.25, 0.3) is 0 Å². The molecule has 4 nitrogen and oxygen atoms in total. The Balaban J connectivity index is 1.60. The van der Waals surface area contributed by atoms with Gasteiger partial charge < -0.3 is 14.8 Å². The summed E-state index contributed by atoms with van der Waals surface area (Å²) in [6, 6.07) is 14.2. The highest BCUT2D eigenvalue weighted by Gasteiger charge is 2.15. The highest BCUT2D eigenvalue weighted by Crippen LogP contribution is 2.10. The molecule has 0 aliphatic carbocycles. The van der Waals surface area contributed by atoms with Gasteiger partial charge in [-0.3, -0.25) is 0 Å². The maximum absolute atomic E-state index is 10.4. The van der Waals surface area contributed by atoms with Crippen LogP contribution in [0.3, 0.4) is 0 Å². The Morgan fingerprint density at radius 2 is 2.00 bits per heavy atom. The van der Waals surface area contributed by atoms with E-state index in [1.807, 2.05) is 49.6 Å². The molecule has 1 aromatic carbocycles. The third-order valence-electron chi connectivity index (χ3n) is 4.22. The molecule has 3 rings (SSSR count). The van der Waals surface area contributed by atoms with E-state index in [-0.39, 0.29) is 6.04 Å². The number of imidazole rings is 1. The summed E-state index contributed by atoms with van der Waals surface area (Å²) in [5.41, 5.74) is 4.41. The molecule has 0 amide bonds. The van der Waals surface area contributed by atoms with Crippen LogP contribution in [-0.2, 0) is 13.0 Å². The first-order valence-corrected chi connectivity index (χ1v) is 8.01. The third-order valence-corrected chi connectivity index (χ3v) is 4.22. The van der Waals surface area contributed by atoms with Gasteiger partial charge in [-0.2, -0.15) is 0 Å². The van der Waals surface area contributed by atoms with E-state index in [1.54, 1.807) is 0 Å². The van der Waals surface area contributed by atoms with Crippen molar-refractivity contribution in [2.75, 3.05) is 0 Å². The number of hydrogen-bond donors (Lipinski definition) is 2. The fourth-order valence-electron chi connectivity index (χ4n) is 2.70. The van der Waals surface area contributed by atoms with Gasteiger partial charge in [-0.05, 0) is 43.5 Å². The molecule has 0 saturated heterocycles. The molecule has 0 aliphatic rings. The van der Waals surface area contributed by atoms with E-state index in [2.05, 4.69) is 33.8 Å². The molecule has 2 unspecified atom stereocenters. The maximum atomic E-state index is 10.4. The number of aromatic nitrogens is 2. The van der Waals surface area contributed by atoms with Crippen LogP contribution in [0.2, 0.25) is 0 Å². The quantitative estimate of drug-likeness (QED) is 0.736. The van der Waals surface area contributed by atoms with Gasteiger partial charge in [-0.1, -0.05) is 30.3 Å². The van der Waals surface area contributed by atoms with Gasteiger partial charge in [0.05, 0.1) is 18.0 Å². The van der Waals surface area contributed by atoms with E-state index in [0.29, 0.717) is 13.0 Å². The molecule has 0 fully saturated rings. The predicted molar refractivity (Wildman–Crippen MR) is 92.4 cm³/mol. The fraction of sp³-hybridized carbons (Fsp3) is 0.316. The molecule has 2 N–H and O–H groups in total. The van der Waals surface area contributed by atoms with Gasteiger partial charge in [0.2, 0.25) is 0 Å². The first kappa shape index (κ1) is 15.7. The summed E-state index contributed by atoms with van der Waals surface area (Å²) in [7, 11) is 0. The lowest BCUT2D eigenvalue weighted by atomic mass is 10.0. The van der Waals surface area contributed by atoms with Crippen molar-refractivity contribution in [3.8, 4) is 0 Å². The van der Waals surface area contributed by atoms with Crippen LogP contribution in [0.25, 0.3) is 5.65 Å². The largest absolute Gasteiger partial charge is 0.391 e. The van der Waals surface area contributed by atoms with Crippen LogP contribution >= 0.6 is 0 Å². The molecule has 3 aromatic rings. The minimum atomic E-state index is -0.418. The Hall–Kier alpha value is -2.17. The molecule has 2 heterocycles. The lowest BCUT2D eigenvalue weighted by Crippen LogP contribution is -2.38. The van der Waals surface area contributed by atoms with Gasteiger partial charge >= 0.3 is 0 Å². The average molecular weight is 309 g/mol. The van der Waals surface area contributed by atoms with E-state index >= 15 is 0 Å². The van der Waals surface area contributed by atoms with Crippen LogP contribution in [0.15, 0.2) is 54.9 Å². The number of hydrogen-bond acceptors (Lipinski definition) is 3. The summed E-state index contributed by atoms with van der Waals surface area (Å²) in [5.74, 6) is 0. The molecular weight excluding hydrogens is 286 g/mol. The third kappa shape index (κ3) is 3.78. The van der Waals surface area contributed by atoms with Crippen LogP contribution in [0.4, 0.5) is 0 Å². The molecular formula is C19H23N3O. The van der Waals surface area contributed by atoms with Crippen molar-refractivity contribution in [2.24, 2.45) is 0 Å². The van der Waals surface area contributed by atoms with Crippen molar-refractivity contribution >= 4 is 5.65 Å². The zero-order chi connectivity index (χ0) is 16.2. The Morgan fingerprint density at radius 3 is 2.78 bits per heavy atom. The van der Waals surface area contributed by atoms with Crippen molar-refractivity contribution in [3.05, 3.63) is 71.7 Å². The predicted octanol–water partition coefficient (Wildman–Crippen LogP) is 2.72. The van der Waals surface area contributed by atoms with Gasteiger partial charge in [-0.25, -0.2) is 4.98 Å². The van der Waals surface area contributed by atoms with E-state index in [0.717, 1.165) is 16.9 Å². The molecule has 0 radical (unpaired) electrons. The first-order valence-electron chi connectivity index (χ1n) is 8.01. The van der Waals surface area contributed by atoms with Crippen LogP contribution in [-0.4, -0.2) is 26.6 Å². The maximum Gasteiger partial charge on any atom is 0.137 e. The second kappa shape index (κ2) is 6.94. The van der Waals surface area contributed by atoms with Crippen molar-refractivity contribution in [1.29, 1.82) is 0 Å². The Kier molecular flexibility index (Phi) is 4.74. The SMILES string of the molecule is Cc1ccn2c(CNC(C)C(O)Cc3ccccc3)cnc2c1. The molecule has 23 heavy (non-hydrogen) atoms. The first-order chi connectivity index (χ1) is 11.1. The monoisotopic (exact) mass is 309 g/mol. The minimum absolute atomic E-state index is 0.00574. The van der Waals surface area contributed by atoms with Crippen LogP contribution in [0.1, 0.15) is 23.7 Å². The lowest BCUT2D eigenvalue weighted by molar-refractivity contribution is 0.133. The molecule has 4 heteroatoms. The van der Waals surface area contributed by atoms with Crippen molar-refractivity contribution in [3.63, 3.8) is 0 Å². The summed E-state index contributed by atoms with van der Waals surface area (Å²) in [5, 5.41) is 13.8. The number of fused-ring (bicyclic) bond motifs is 1. The number of benzene rings is 1. The molecule has 0 spiro atoms. The molecule has 2 atom stereocenters. The minimum Gasteiger partial charge on any atom is -0.391 e. The second-order valence-corrected chi connectivity index (χ2v) is 6.11.